The first-order valence-electron chi connectivity index (χ1n) is 8.17. The molecule has 1 aliphatic heterocycles. The molecule has 0 spiro atoms. The quantitative estimate of drug-likeness (QED) is 0.910. The number of carbonyl (C=O) groups is 1. The molecule has 0 bridgehead atoms. The Kier molecular flexibility index (Phi) is 5.60. The Hall–Kier alpha value is -2.47. The number of amides is 2. The van der Waals surface area contributed by atoms with Crippen LogP contribution in [0, 0.1) is 0 Å². The number of methoxy groups -OCH3 is 1. The van der Waals surface area contributed by atoms with Crippen LogP contribution in [0.3, 0.4) is 0 Å². The van der Waals surface area contributed by atoms with E-state index in [-0.39, 0.29) is 6.03 Å². The lowest BCUT2D eigenvalue weighted by Gasteiger charge is -2.36. The Bertz CT molecular complexity index is 718. The van der Waals surface area contributed by atoms with Gasteiger partial charge in [-0.1, -0.05) is 17.7 Å². The highest BCUT2D eigenvalue weighted by Gasteiger charge is 2.21. The van der Waals surface area contributed by atoms with E-state index in [1.807, 2.05) is 35.2 Å². The minimum Gasteiger partial charge on any atom is -0.495 e. The van der Waals surface area contributed by atoms with Crippen molar-refractivity contribution in [3.8, 4) is 5.75 Å². The Labute approximate surface area is 152 Å². The second-order valence-electron chi connectivity index (χ2n) is 5.81. The largest absolute Gasteiger partial charge is 0.495 e. The summed E-state index contributed by atoms with van der Waals surface area (Å²) in [7, 11) is 1.60. The van der Waals surface area contributed by atoms with Crippen LogP contribution in [0.1, 0.15) is 5.56 Å². The molecule has 1 aromatic carbocycles. The Balaban J connectivity index is 1.51. The first-order valence-corrected chi connectivity index (χ1v) is 8.55. The SMILES string of the molecule is COc1ccc(N2CCN(C(=O)NCc3cccnc3)CC2)cc1Cl. The fourth-order valence-corrected chi connectivity index (χ4v) is 3.06. The van der Waals surface area contributed by atoms with E-state index in [0.29, 0.717) is 30.4 Å². The number of carbonyl (C=O) groups excluding carboxylic acids is 1. The van der Waals surface area contributed by atoms with E-state index < -0.39 is 0 Å². The summed E-state index contributed by atoms with van der Waals surface area (Å²) < 4.78 is 5.18. The smallest absolute Gasteiger partial charge is 0.317 e. The van der Waals surface area contributed by atoms with Gasteiger partial charge in [-0.3, -0.25) is 4.98 Å². The maximum absolute atomic E-state index is 12.3. The van der Waals surface area contributed by atoms with Crippen molar-refractivity contribution in [2.24, 2.45) is 0 Å². The third-order valence-electron chi connectivity index (χ3n) is 4.23. The summed E-state index contributed by atoms with van der Waals surface area (Å²) in [5.41, 5.74) is 2.03. The van der Waals surface area contributed by atoms with Gasteiger partial charge in [0.2, 0.25) is 0 Å². The van der Waals surface area contributed by atoms with Crippen LogP contribution in [-0.4, -0.2) is 49.2 Å². The van der Waals surface area contributed by atoms with Crippen LogP contribution in [0.25, 0.3) is 0 Å². The van der Waals surface area contributed by atoms with Gasteiger partial charge in [0.1, 0.15) is 5.75 Å². The highest BCUT2D eigenvalue weighted by molar-refractivity contribution is 6.32. The lowest BCUT2D eigenvalue weighted by Crippen LogP contribution is -2.51. The van der Waals surface area contributed by atoms with Gasteiger partial charge in [-0.25, -0.2) is 4.79 Å². The van der Waals surface area contributed by atoms with Crippen molar-refractivity contribution in [1.29, 1.82) is 0 Å². The molecule has 0 atom stereocenters. The molecule has 2 aromatic rings. The highest BCUT2D eigenvalue weighted by atomic mass is 35.5. The maximum Gasteiger partial charge on any atom is 0.317 e. The number of ether oxygens (including phenoxy) is 1. The van der Waals surface area contributed by atoms with Crippen LogP contribution in [0.15, 0.2) is 42.7 Å². The summed E-state index contributed by atoms with van der Waals surface area (Å²) in [4.78, 5) is 20.4. The van der Waals surface area contributed by atoms with E-state index in [2.05, 4.69) is 15.2 Å². The minimum atomic E-state index is -0.0451. The molecular weight excluding hydrogens is 340 g/mol. The van der Waals surface area contributed by atoms with E-state index in [9.17, 15) is 4.79 Å². The van der Waals surface area contributed by atoms with E-state index in [4.69, 9.17) is 16.3 Å². The molecule has 2 amide bonds. The van der Waals surface area contributed by atoms with Gasteiger partial charge in [0.05, 0.1) is 12.1 Å². The molecule has 0 unspecified atom stereocenters. The first-order chi connectivity index (χ1) is 12.2. The molecule has 1 fully saturated rings. The highest BCUT2D eigenvalue weighted by Crippen LogP contribution is 2.29. The van der Waals surface area contributed by atoms with E-state index in [1.54, 1.807) is 19.5 Å². The Morgan fingerprint density at radius 1 is 1.28 bits per heavy atom. The van der Waals surface area contributed by atoms with Crippen LogP contribution < -0.4 is 15.0 Å². The molecule has 25 heavy (non-hydrogen) atoms. The number of nitrogens with one attached hydrogen (secondary N) is 1. The average molecular weight is 361 g/mol. The van der Waals surface area contributed by atoms with Gasteiger partial charge in [-0.05, 0) is 29.8 Å². The number of rotatable bonds is 4. The molecule has 2 heterocycles. The van der Waals surface area contributed by atoms with Crippen molar-refractivity contribution in [3.63, 3.8) is 0 Å². The van der Waals surface area contributed by atoms with Gasteiger partial charge in [-0.15, -0.1) is 0 Å². The molecule has 7 heteroatoms. The van der Waals surface area contributed by atoms with Crippen LogP contribution in [0.5, 0.6) is 5.75 Å². The van der Waals surface area contributed by atoms with Gasteiger partial charge < -0.3 is 19.9 Å². The number of urea groups is 1. The molecule has 6 nitrogen and oxygen atoms in total. The molecule has 0 aliphatic carbocycles. The molecule has 3 rings (SSSR count). The zero-order valence-electron chi connectivity index (χ0n) is 14.1. The molecule has 1 saturated heterocycles. The van der Waals surface area contributed by atoms with E-state index >= 15 is 0 Å². The zero-order chi connectivity index (χ0) is 17.6. The zero-order valence-corrected chi connectivity index (χ0v) is 14.9. The number of piperazine rings is 1. The standard InChI is InChI=1S/C18H21ClN4O2/c1-25-17-5-4-15(11-16(17)19)22-7-9-23(10-8-22)18(24)21-13-14-3-2-6-20-12-14/h2-6,11-12H,7-10,13H2,1H3,(H,21,24). The summed E-state index contributed by atoms with van der Waals surface area (Å²) in [6, 6.07) is 9.52. The first kappa shape index (κ1) is 17.4. The number of pyridine rings is 1. The number of anilines is 1. The molecular formula is C18H21ClN4O2. The van der Waals surface area contributed by atoms with Crippen molar-refractivity contribution in [2.75, 3.05) is 38.2 Å². The van der Waals surface area contributed by atoms with Gasteiger partial charge in [0.25, 0.3) is 0 Å². The number of hydrogen-bond acceptors (Lipinski definition) is 4. The minimum absolute atomic E-state index is 0.0451. The van der Waals surface area contributed by atoms with E-state index in [1.165, 1.54) is 0 Å². The molecule has 0 saturated carbocycles. The molecule has 1 aromatic heterocycles. The van der Waals surface area contributed by atoms with Crippen LogP contribution in [-0.2, 0) is 6.54 Å². The fourth-order valence-electron chi connectivity index (χ4n) is 2.81. The number of halogens is 1. The van der Waals surface area contributed by atoms with Crippen molar-refractivity contribution in [2.45, 2.75) is 6.54 Å². The topological polar surface area (TPSA) is 57.7 Å². The van der Waals surface area contributed by atoms with Crippen molar-refractivity contribution < 1.29 is 9.53 Å². The molecule has 132 valence electrons. The van der Waals surface area contributed by atoms with Gasteiger partial charge in [-0.2, -0.15) is 0 Å². The summed E-state index contributed by atoms with van der Waals surface area (Å²) >= 11 is 6.20. The predicted molar refractivity (Wildman–Crippen MR) is 98.3 cm³/mol. The molecule has 0 radical (unpaired) electrons. The number of aromatic nitrogens is 1. The Morgan fingerprint density at radius 3 is 2.72 bits per heavy atom. The third kappa shape index (κ3) is 4.33. The molecule has 1 N–H and O–H groups in total. The molecule has 1 aliphatic rings. The van der Waals surface area contributed by atoms with Crippen LogP contribution in [0.4, 0.5) is 10.5 Å². The fraction of sp³-hybridized carbons (Fsp3) is 0.333. The predicted octanol–water partition coefficient (Wildman–Crippen LogP) is 2.78. The summed E-state index contributed by atoms with van der Waals surface area (Å²) in [5, 5.41) is 3.53. The van der Waals surface area contributed by atoms with Crippen molar-refractivity contribution in [1.82, 2.24) is 15.2 Å². The van der Waals surface area contributed by atoms with Gasteiger partial charge in [0, 0.05) is 50.8 Å². The number of nitrogens with zero attached hydrogens (tertiary/aromatic N) is 3. The lowest BCUT2D eigenvalue weighted by atomic mass is 10.2. The van der Waals surface area contributed by atoms with Gasteiger partial charge >= 0.3 is 6.03 Å². The lowest BCUT2D eigenvalue weighted by molar-refractivity contribution is 0.194. The van der Waals surface area contributed by atoms with Crippen LogP contribution in [0.2, 0.25) is 5.02 Å². The number of hydrogen-bond donors (Lipinski definition) is 1. The third-order valence-corrected chi connectivity index (χ3v) is 4.53. The van der Waals surface area contributed by atoms with E-state index in [0.717, 1.165) is 24.3 Å². The number of benzene rings is 1. The Morgan fingerprint density at radius 2 is 2.08 bits per heavy atom. The van der Waals surface area contributed by atoms with Crippen molar-refractivity contribution in [3.05, 3.63) is 53.3 Å². The van der Waals surface area contributed by atoms with Gasteiger partial charge in [0.15, 0.2) is 0 Å². The second-order valence-corrected chi connectivity index (χ2v) is 6.22. The second kappa shape index (κ2) is 8.07. The summed E-state index contributed by atoms with van der Waals surface area (Å²) in [5.74, 6) is 0.666. The summed E-state index contributed by atoms with van der Waals surface area (Å²) in [6.07, 6.45) is 3.47. The normalized spacial score (nSPS) is 14.3. The average Bonchev–Trinajstić information content (AvgIpc) is 2.67. The monoisotopic (exact) mass is 360 g/mol. The maximum atomic E-state index is 12.3. The summed E-state index contributed by atoms with van der Waals surface area (Å²) in [6.45, 7) is 3.36. The van der Waals surface area contributed by atoms with Crippen LogP contribution >= 0.6 is 11.6 Å². The van der Waals surface area contributed by atoms with Crippen molar-refractivity contribution >= 4 is 23.3 Å².